The van der Waals surface area contributed by atoms with Crippen molar-refractivity contribution in [3.05, 3.63) is 12.2 Å². The van der Waals surface area contributed by atoms with Crippen molar-refractivity contribution >= 4 is 16.4 Å². The highest BCUT2D eigenvalue weighted by atomic mass is 32.3. The first-order valence-electron chi connectivity index (χ1n) is 23.4. The fourth-order valence-corrected chi connectivity index (χ4v) is 7.82. The van der Waals surface area contributed by atoms with Crippen LogP contribution in [0.4, 0.5) is 0 Å². The molecule has 1 aliphatic rings. The van der Waals surface area contributed by atoms with Crippen LogP contribution >= 0.6 is 0 Å². The van der Waals surface area contributed by atoms with Gasteiger partial charge in [-0.15, -0.1) is 0 Å². The van der Waals surface area contributed by atoms with Crippen LogP contribution in [-0.2, 0) is 38.3 Å². The van der Waals surface area contributed by atoms with Gasteiger partial charge in [-0.25, -0.2) is 4.18 Å². The van der Waals surface area contributed by atoms with Crippen LogP contribution in [0, 0.1) is 0 Å². The minimum atomic E-state index is -5.05. The number of esters is 1. The zero-order valence-electron chi connectivity index (χ0n) is 36.6. The summed E-state index contributed by atoms with van der Waals surface area (Å²) in [6.07, 6.45) is 31.5. The molecule has 0 aromatic carbocycles. The van der Waals surface area contributed by atoms with Crippen LogP contribution in [0.2, 0.25) is 0 Å². The topological polar surface area (TPSA) is 178 Å². The molecule has 1 aliphatic heterocycles. The average molecular weight is 851 g/mol. The fraction of sp³-hybridized carbons (Fsp3) is 0.933. The molecule has 6 atom stereocenters. The molecule has 0 bridgehead atoms. The summed E-state index contributed by atoms with van der Waals surface area (Å²) in [4.78, 5) is 12.8. The van der Waals surface area contributed by atoms with Crippen LogP contribution in [-0.4, -0.2) is 97.5 Å². The van der Waals surface area contributed by atoms with Crippen molar-refractivity contribution in [3.63, 3.8) is 0 Å². The lowest BCUT2D eigenvalue weighted by molar-refractivity contribution is -0.301. The Balaban J connectivity index is 2.22. The molecule has 0 spiro atoms. The third-order valence-corrected chi connectivity index (χ3v) is 11.4. The Labute approximate surface area is 353 Å². The summed E-state index contributed by atoms with van der Waals surface area (Å²) in [6.45, 7) is 3.95. The molecule has 0 aromatic heterocycles. The van der Waals surface area contributed by atoms with Gasteiger partial charge in [0.2, 0.25) is 0 Å². The summed E-state index contributed by atoms with van der Waals surface area (Å²) in [7, 11) is -5.05. The van der Waals surface area contributed by atoms with Gasteiger partial charge in [0, 0.05) is 13.0 Å². The van der Waals surface area contributed by atoms with Crippen molar-refractivity contribution in [2.24, 2.45) is 0 Å². The van der Waals surface area contributed by atoms with Gasteiger partial charge in [0.25, 0.3) is 0 Å². The van der Waals surface area contributed by atoms with E-state index >= 15 is 0 Å². The minimum absolute atomic E-state index is 0.0393. The van der Waals surface area contributed by atoms with Gasteiger partial charge in [-0.1, -0.05) is 174 Å². The molecule has 58 heavy (non-hydrogen) atoms. The minimum Gasteiger partial charge on any atom is -0.457 e. The maximum atomic E-state index is 12.8. The van der Waals surface area contributed by atoms with E-state index in [0.717, 1.165) is 38.5 Å². The second kappa shape index (κ2) is 37.6. The van der Waals surface area contributed by atoms with E-state index in [4.69, 9.17) is 23.5 Å². The fourth-order valence-electron chi connectivity index (χ4n) is 7.32. The molecular formula is C45H86O12S. The van der Waals surface area contributed by atoms with Gasteiger partial charge in [-0.3, -0.25) is 9.35 Å². The lowest BCUT2D eigenvalue weighted by atomic mass is 9.99. The number of carbonyl (C=O) groups excluding carboxylic acids is 1. The van der Waals surface area contributed by atoms with Crippen LogP contribution in [0.15, 0.2) is 12.2 Å². The molecule has 13 heteroatoms. The molecule has 0 radical (unpaired) electrons. The van der Waals surface area contributed by atoms with E-state index in [2.05, 4.69) is 30.2 Å². The zero-order chi connectivity index (χ0) is 42.5. The van der Waals surface area contributed by atoms with E-state index in [1.165, 1.54) is 141 Å². The number of hydrogen-bond donors (Lipinski definition) is 4. The molecule has 12 nitrogen and oxygen atoms in total. The van der Waals surface area contributed by atoms with Crippen LogP contribution < -0.4 is 0 Å². The molecule has 1 heterocycles. The normalized spacial score (nSPS) is 20.6. The highest BCUT2D eigenvalue weighted by molar-refractivity contribution is 7.80. The summed E-state index contributed by atoms with van der Waals surface area (Å²) in [5.41, 5.74) is 0. The van der Waals surface area contributed by atoms with E-state index in [0.29, 0.717) is 13.0 Å². The number of unbranched alkanes of at least 4 members (excludes halogenated alkanes) is 26. The zero-order valence-corrected chi connectivity index (χ0v) is 37.4. The van der Waals surface area contributed by atoms with Crippen LogP contribution in [0.5, 0.6) is 0 Å². The van der Waals surface area contributed by atoms with Crippen LogP contribution in [0.3, 0.4) is 0 Å². The van der Waals surface area contributed by atoms with E-state index in [1.807, 2.05) is 0 Å². The Hall–Kier alpha value is -1.16. The lowest BCUT2D eigenvalue weighted by Crippen LogP contribution is -2.60. The van der Waals surface area contributed by atoms with Gasteiger partial charge in [0.15, 0.2) is 6.29 Å². The van der Waals surface area contributed by atoms with Crippen molar-refractivity contribution < 1.29 is 56.2 Å². The Bertz CT molecular complexity index is 1070. The average Bonchev–Trinajstić information content (AvgIpc) is 3.19. The molecule has 0 aliphatic carbocycles. The summed E-state index contributed by atoms with van der Waals surface area (Å²) in [6, 6.07) is 0. The van der Waals surface area contributed by atoms with E-state index < -0.39 is 59.8 Å². The number of rotatable bonds is 41. The first kappa shape index (κ1) is 54.9. The van der Waals surface area contributed by atoms with E-state index in [1.54, 1.807) is 0 Å². The number of carbonyl (C=O) groups is 1. The third-order valence-electron chi connectivity index (χ3n) is 10.9. The molecule has 1 rings (SSSR count). The number of hydrogen-bond acceptors (Lipinski definition) is 11. The van der Waals surface area contributed by atoms with Gasteiger partial charge in [-0.05, 0) is 38.5 Å². The second-order valence-electron chi connectivity index (χ2n) is 16.4. The van der Waals surface area contributed by atoms with Crippen molar-refractivity contribution in [2.75, 3.05) is 26.4 Å². The summed E-state index contributed by atoms with van der Waals surface area (Å²) >= 11 is 0. The van der Waals surface area contributed by atoms with Crippen molar-refractivity contribution in [2.45, 2.75) is 243 Å². The summed E-state index contributed by atoms with van der Waals surface area (Å²) in [5.74, 6) is -0.399. The molecule has 344 valence electrons. The smallest absolute Gasteiger partial charge is 0.397 e. The van der Waals surface area contributed by atoms with Crippen molar-refractivity contribution in [3.8, 4) is 0 Å². The Morgan fingerprint density at radius 2 is 1.09 bits per heavy atom. The Morgan fingerprint density at radius 3 is 1.55 bits per heavy atom. The lowest BCUT2D eigenvalue weighted by Gasteiger charge is -2.41. The SMILES string of the molecule is CCCCCCCCCC/C=C\CCCCCCCCCCCCCCCC(=O)OC(COCCCCCCCC)COC1OC(CO)C(O)C(OS(=O)(=O)O)C1O. The molecule has 4 N–H and O–H groups in total. The van der Waals surface area contributed by atoms with Gasteiger partial charge < -0.3 is 34.3 Å². The first-order chi connectivity index (χ1) is 28.1. The number of allylic oxidation sites excluding steroid dienone is 2. The van der Waals surface area contributed by atoms with E-state index in [9.17, 15) is 28.5 Å². The van der Waals surface area contributed by atoms with Gasteiger partial charge in [-0.2, -0.15) is 8.42 Å². The quantitative estimate of drug-likeness (QED) is 0.0198. The number of aliphatic hydroxyl groups is 3. The molecule has 6 unspecified atom stereocenters. The van der Waals surface area contributed by atoms with E-state index in [-0.39, 0.29) is 19.6 Å². The third kappa shape index (κ3) is 30.8. The van der Waals surface area contributed by atoms with Crippen LogP contribution in [0.25, 0.3) is 0 Å². The second-order valence-corrected chi connectivity index (χ2v) is 17.4. The molecule has 0 amide bonds. The number of ether oxygens (including phenoxy) is 4. The highest BCUT2D eigenvalue weighted by Gasteiger charge is 2.48. The molecule has 1 fully saturated rings. The maximum Gasteiger partial charge on any atom is 0.397 e. The molecule has 1 saturated heterocycles. The summed E-state index contributed by atoms with van der Waals surface area (Å²) in [5, 5.41) is 30.5. The van der Waals surface area contributed by atoms with Crippen LogP contribution in [0.1, 0.15) is 206 Å². The maximum absolute atomic E-state index is 12.8. The summed E-state index contributed by atoms with van der Waals surface area (Å²) < 4.78 is 58.8. The predicted molar refractivity (Wildman–Crippen MR) is 230 cm³/mol. The molecule has 0 aromatic rings. The van der Waals surface area contributed by atoms with Crippen molar-refractivity contribution in [1.82, 2.24) is 0 Å². The monoisotopic (exact) mass is 851 g/mol. The molecular weight excluding hydrogens is 765 g/mol. The highest BCUT2D eigenvalue weighted by Crippen LogP contribution is 2.26. The number of aliphatic hydroxyl groups excluding tert-OH is 3. The van der Waals surface area contributed by atoms with Crippen molar-refractivity contribution in [1.29, 1.82) is 0 Å². The molecule has 0 saturated carbocycles. The van der Waals surface area contributed by atoms with Gasteiger partial charge in [0.1, 0.15) is 30.5 Å². The largest absolute Gasteiger partial charge is 0.457 e. The van der Waals surface area contributed by atoms with Gasteiger partial charge >= 0.3 is 16.4 Å². The standard InChI is InChI=1S/C45H86O12S/c1-3-5-7-9-11-12-13-14-15-16-17-18-19-20-21-22-23-24-25-26-27-28-29-30-32-34-41(47)55-39(37-53-35-33-31-10-8-6-4-2)38-54-45-43(49)44(57-58(50,51)52)42(48)40(36-46)56-45/h16-17,39-40,42-46,48-49H,3-15,18-38H2,1-2H3,(H,50,51,52)/b17-16-. The first-order valence-corrected chi connectivity index (χ1v) is 24.8. The Kier molecular flexibility index (Phi) is 35.6. The van der Waals surface area contributed by atoms with Gasteiger partial charge in [0.05, 0.1) is 19.8 Å². The Morgan fingerprint density at radius 1 is 0.638 bits per heavy atom. The predicted octanol–water partition coefficient (Wildman–Crippen LogP) is 9.86.